The number of methoxy groups -OCH3 is 2. The third kappa shape index (κ3) is 28.6. The summed E-state index contributed by atoms with van der Waals surface area (Å²) in [6.45, 7) is 6.44. The van der Waals surface area contributed by atoms with Crippen molar-refractivity contribution < 1.29 is 28.4 Å². The van der Waals surface area contributed by atoms with Crippen molar-refractivity contribution in [3.8, 4) is 0 Å². The first kappa shape index (κ1) is 24.7. The quantitative estimate of drug-likeness (QED) is 0.319. The van der Waals surface area contributed by atoms with E-state index in [9.17, 15) is 0 Å². The lowest BCUT2D eigenvalue weighted by Gasteiger charge is -2.05. The van der Waals surface area contributed by atoms with Crippen LogP contribution in [0.3, 0.4) is 0 Å². The molecule has 0 rings (SSSR count). The van der Waals surface area contributed by atoms with Crippen LogP contribution in [0.2, 0.25) is 0 Å². The fourth-order valence-electron chi connectivity index (χ4n) is 1.06. The van der Waals surface area contributed by atoms with Crippen LogP contribution in [-0.2, 0) is 28.4 Å². The molecule has 0 saturated carbocycles. The standard InChI is InChI=1S/C9H20O4S.C5H12O2S/c1-10-2-3-11-4-5-12-6-7-13-8-9-14;1-6-2-3-7-4-5-8/h14H,2-9H2,1H3;8H,2-5H2,1H3. The molecule has 0 bridgehead atoms. The molecule has 136 valence electrons. The molecule has 0 unspecified atom stereocenters. The lowest BCUT2D eigenvalue weighted by atomic mass is 10.7. The maximum absolute atomic E-state index is 5.24. The number of thiol groups is 2. The van der Waals surface area contributed by atoms with Gasteiger partial charge in [0.05, 0.1) is 66.1 Å². The van der Waals surface area contributed by atoms with Crippen molar-refractivity contribution in [1.29, 1.82) is 0 Å². The van der Waals surface area contributed by atoms with Crippen LogP contribution in [0, 0.1) is 0 Å². The summed E-state index contributed by atoms with van der Waals surface area (Å²) in [7, 11) is 3.31. The fraction of sp³-hybridized carbons (Fsp3) is 1.00. The molecule has 0 radical (unpaired) electrons. The van der Waals surface area contributed by atoms with Crippen LogP contribution in [-0.4, -0.2) is 91.8 Å². The second kappa shape index (κ2) is 26.4. The van der Waals surface area contributed by atoms with Crippen LogP contribution in [0.4, 0.5) is 0 Å². The van der Waals surface area contributed by atoms with Crippen molar-refractivity contribution in [1.82, 2.24) is 0 Å². The molecule has 8 heteroatoms. The number of rotatable bonds is 16. The largest absolute Gasteiger partial charge is 0.382 e. The first-order chi connectivity index (χ1) is 10.8. The van der Waals surface area contributed by atoms with Gasteiger partial charge in [-0.3, -0.25) is 0 Å². The first-order valence-electron chi connectivity index (χ1n) is 7.34. The molecule has 0 aliphatic rings. The molecule has 0 aromatic heterocycles. The van der Waals surface area contributed by atoms with Crippen LogP contribution in [0.25, 0.3) is 0 Å². The molecule has 0 aromatic carbocycles. The Hall–Kier alpha value is 0.460. The van der Waals surface area contributed by atoms with Gasteiger partial charge in [-0.25, -0.2) is 0 Å². The van der Waals surface area contributed by atoms with E-state index in [0.29, 0.717) is 66.1 Å². The second-order valence-electron chi connectivity index (χ2n) is 3.88. The molecule has 0 saturated heterocycles. The van der Waals surface area contributed by atoms with E-state index in [-0.39, 0.29) is 0 Å². The van der Waals surface area contributed by atoms with E-state index >= 15 is 0 Å². The smallest absolute Gasteiger partial charge is 0.0701 e. The Balaban J connectivity index is 0. The zero-order valence-electron chi connectivity index (χ0n) is 13.8. The first-order valence-corrected chi connectivity index (χ1v) is 8.60. The fourth-order valence-corrected chi connectivity index (χ4v) is 1.32. The molecule has 0 heterocycles. The zero-order valence-corrected chi connectivity index (χ0v) is 15.6. The topological polar surface area (TPSA) is 55.4 Å². The zero-order chi connectivity index (χ0) is 16.7. The van der Waals surface area contributed by atoms with Gasteiger partial charge >= 0.3 is 0 Å². The maximum atomic E-state index is 5.24. The van der Waals surface area contributed by atoms with Crippen molar-refractivity contribution in [2.24, 2.45) is 0 Å². The SMILES string of the molecule is COCCOCCOCCOCCS.COCCOCCS. The minimum absolute atomic E-state index is 0.605. The van der Waals surface area contributed by atoms with Crippen molar-refractivity contribution in [3.63, 3.8) is 0 Å². The molecule has 0 fully saturated rings. The second-order valence-corrected chi connectivity index (χ2v) is 4.78. The van der Waals surface area contributed by atoms with Crippen molar-refractivity contribution >= 4 is 25.3 Å². The van der Waals surface area contributed by atoms with E-state index in [1.807, 2.05) is 0 Å². The Morgan fingerprint density at radius 3 is 1.00 bits per heavy atom. The van der Waals surface area contributed by atoms with Gasteiger partial charge in [0.1, 0.15) is 0 Å². The lowest BCUT2D eigenvalue weighted by Crippen LogP contribution is -2.11. The van der Waals surface area contributed by atoms with E-state index in [1.54, 1.807) is 14.2 Å². The van der Waals surface area contributed by atoms with Gasteiger partial charge in [0, 0.05) is 25.7 Å². The Morgan fingerprint density at radius 1 is 0.455 bits per heavy atom. The highest BCUT2D eigenvalue weighted by Crippen LogP contribution is 1.82. The average Bonchev–Trinajstić information content (AvgIpc) is 2.54. The summed E-state index contributed by atoms with van der Waals surface area (Å²) in [5.74, 6) is 1.53. The van der Waals surface area contributed by atoms with Crippen LogP contribution < -0.4 is 0 Å². The van der Waals surface area contributed by atoms with Crippen LogP contribution in [0.5, 0.6) is 0 Å². The van der Waals surface area contributed by atoms with Gasteiger partial charge in [-0.1, -0.05) is 0 Å². The van der Waals surface area contributed by atoms with Crippen LogP contribution >= 0.6 is 25.3 Å². The Labute approximate surface area is 145 Å². The van der Waals surface area contributed by atoms with Gasteiger partial charge in [-0.15, -0.1) is 0 Å². The summed E-state index contributed by atoms with van der Waals surface area (Å²) in [5.41, 5.74) is 0. The lowest BCUT2D eigenvalue weighted by molar-refractivity contribution is 0.00567. The maximum Gasteiger partial charge on any atom is 0.0701 e. The van der Waals surface area contributed by atoms with E-state index in [0.717, 1.165) is 11.5 Å². The normalized spacial score (nSPS) is 10.4. The number of hydrogen-bond acceptors (Lipinski definition) is 8. The highest BCUT2D eigenvalue weighted by Gasteiger charge is 1.90. The minimum atomic E-state index is 0.605. The summed E-state index contributed by atoms with van der Waals surface area (Å²) < 4.78 is 30.2. The van der Waals surface area contributed by atoms with Gasteiger partial charge in [0.25, 0.3) is 0 Å². The van der Waals surface area contributed by atoms with E-state index in [1.165, 1.54) is 0 Å². The molecular weight excluding hydrogens is 328 g/mol. The minimum Gasteiger partial charge on any atom is -0.382 e. The van der Waals surface area contributed by atoms with E-state index in [2.05, 4.69) is 25.3 Å². The predicted molar refractivity (Wildman–Crippen MR) is 94.7 cm³/mol. The van der Waals surface area contributed by atoms with Gasteiger partial charge in [-0.2, -0.15) is 25.3 Å². The molecule has 0 aliphatic heterocycles. The third-order valence-electron chi connectivity index (χ3n) is 2.08. The molecular formula is C14H32O6S2. The third-order valence-corrected chi connectivity index (χ3v) is 2.44. The Kier molecular flexibility index (Phi) is 29.6. The molecule has 0 amide bonds. The Morgan fingerprint density at radius 2 is 0.727 bits per heavy atom. The number of ether oxygens (including phenoxy) is 6. The van der Waals surface area contributed by atoms with Gasteiger partial charge in [-0.05, 0) is 0 Å². The molecule has 0 spiro atoms. The predicted octanol–water partition coefficient (Wildman–Crippen LogP) is 1.19. The number of hydrogen-bond donors (Lipinski definition) is 2. The Bertz CT molecular complexity index is 159. The molecule has 0 N–H and O–H groups in total. The van der Waals surface area contributed by atoms with Gasteiger partial charge in [0.2, 0.25) is 0 Å². The van der Waals surface area contributed by atoms with Crippen molar-refractivity contribution in [2.75, 3.05) is 91.8 Å². The molecule has 22 heavy (non-hydrogen) atoms. The summed E-state index contributed by atoms with van der Waals surface area (Å²) >= 11 is 7.97. The summed E-state index contributed by atoms with van der Waals surface area (Å²) in [5, 5.41) is 0. The van der Waals surface area contributed by atoms with Crippen molar-refractivity contribution in [3.05, 3.63) is 0 Å². The van der Waals surface area contributed by atoms with E-state index < -0.39 is 0 Å². The van der Waals surface area contributed by atoms with Crippen LogP contribution in [0.1, 0.15) is 0 Å². The molecule has 6 nitrogen and oxygen atoms in total. The summed E-state index contributed by atoms with van der Waals surface area (Å²) in [4.78, 5) is 0. The summed E-state index contributed by atoms with van der Waals surface area (Å²) in [6.07, 6.45) is 0. The molecule has 0 atom stereocenters. The van der Waals surface area contributed by atoms with E-state index in [4.69, 9.17) is 28.4 Å². The van der Waals surface area contributed by atoms with Gasteiger partial charge in [0.15, 0.2) is 0 Å². The van der Waals surface area contributed by atoms with Crippen LogP contribution in [0.15, 0.2) is 0 Å². The summed E-state index contributed by atoms with van der Waals surface area (Å²) in [6, 6.07) is 0. The monoisotopic (exact) mass is 360 g/mol. The molecule has 0 aliphatic carbocycles. The van der Waals surface area contributed by atoms with Gasteiger partial charge < -0.3 is 28.4 Å². The molecule has 0 aromatic rings. The van der Waals surface area contributed by atoms with Crippen molar-refractivity contribution in [2.45, 2.75) is 0 Å². The average molecular weight is 361 g/mol. The highest BCUT2D eigenvalue weighted by molar-refractivity contribution is 7.80. The highest BCUT2D eigenvalue weighted by atomic mass is 32.1.